The molecule has 134 valence electrons. The third-order valence-corrected chi connectivity index (χ3v) is 5.07. The molecule has 1 aromatic carbocycles. The lowest BCUT2D eigenvalue weighted by atomic mass is 9.93. The second-order valence-electron chi connectivity index (χ2n) is 7.20. The van der Waals surface area contributed by atoms with E-state index in [2.05, 4.69) is 19.1 Å². The van der Waals surface area contributed by atoms with Crippen LogP contribution < -0.4 is 0 Å². The van der Waals surface area contributed by atoms with Crippen molar-refractivity contribution < 1.29 is 18.9 Å². The standard InChI is InChI=1S/C20H30O4/c1-19(11-7-12-20(17-24-19)22-14-15-23-20)10-5-6-13-21-16-18-8-3-2-4-9-18/h2-4,8-9H,5-7,10-17H2,1H3. The predicted octanol–water partition coefficient (Wildman–Crippen LogP) is 4.08. The maximum absolute atomic E-state index is 6.21. The summed E-state index contributed by atoms with van der Waals surface area (Å²) < 4.78 is 23.5. The SMILES string of the molecule is CC1(CCCCOCc2ccccc2)CCCC2(CO1)OCCO2. The van der Waals surface area contributed by atoms with Crippen LogP contribution in [0.3, 0.4) is 0 Å². The second kappa shape index (κ2) is 8.43. The van der Waals surface area contributed by atoms with Crippen molar-refractivity contribution in [1.29, 1.82) is 0 Å². The maximum atomic E-state index is 6.21. The minimum Gasteiger partial charge on any atom is -0.377 e. The lowest BCUT2D eigenvalue weighted by Gasteiger charge is -2.30. The van der Waals surface area contributed by atoms with E-state index in [0.717, 1.165) is 45.1 Å². The lowest BCUT2D eigenvalue weighted by Crippen LogP contribution is -2.37. The number of benzene rings is 1. The van der Waals surface area contributed by atoms with Crippen LogP contribution in [0, 0.1) is 0 Å². The topological polar surface area (TPSA) is 36.9 Å². The van der Waals surface area contributed by atoms with E-state index in [1.807, 2.05) is 18.2 Å². The molecule has 0 radical (unpaired) electrons. The summed E-state index contributed by atoms with van der Waals surface area (Å²) in [4.78, 5) is 0. The molecule has 0 amide bonds. The zero-order valence-electron chi connectivity index (χ0n) is 14.8. The Hall–Kier alpha value is -0.940. The van der Waals surface area contributed by atoms with Gasteiger partial charge in [0.05, 0.1) is 25.4 Å². The third kappa shape index (κ3) is 5.03. The lowest BCUT2D eigenvalue weighted by molar-refractivity contribution is -0.208. The zero-order valence-corrected chi connectivity index (χ0v) is 14.8. The number of hydrogen-bond donors (Lipinski definition) is 0. The Bertz CT molecular complexity index is 484. The average Bonchev–Trinajstić information content (AvgIpc) is 2.99. The van der Waals surface area contributed by atoms with Gasteiger partial charge >= 0.3 is 0 Å². The van der Waals surface area contributed by atoms with E-state index >= 15 is 0 Å². The molecule has 0 aromatic heterocycles. The van der Waals surface area contributed by atoms with Crippen LogP contribution in [0.2, 0.25) is 0 Å². The molecule has 1 atom stereocenters. The molecule has 3 rings (SSSR count). The van der Waals surface area contributed by atoms with Gasteiger partial charge in [0.2, 0.25) is 0 Å². The van der Waals surface area contributed by atoms with Crippen LogP contribution in [-0.4, -0.2) is 37.8 Å². The first kappa shape index (κ1) is 17.9. The molecule has 4 nitrogen and oxygen atoms in total. The Morgan fingerprint density at radius 1 is 1.00 bits per heavy atom. The van der Waals surface area contributed by atoms with Crippen LogP contribution >= 0.6 is 0 Å². The normalized spacial score (nSPS) is 26.5. The van der Waals surface area contributed by atoms with Crippen LogP contribution in [0.15, 0.2) is 30.3 Å². The van der Waals surface area contributed by atoms with Crippen molar-refractivity contribution in [2.75, 3.05) is 26.4 Å². The summed E-state index contributed by atoms with van der Waals surface area (Å²) in [5, 5.41) is 0. The molecule has 24 heavy (non-hydrogen) atoms. The molecule has 1 spiro atoms. The fourth-order valence-corrected chi connectivity index (χ4v) is 3.55. The van der Waals surface area contributed by atoms with Gasteiger partial charge in [-0.25, -0.2) is 0 Å². The van der Waals surface area contributed by atoms with E-state index in [0.29, 0.717) is 26.4 Å². The largest absolute Gasteiger partial charge is 0.377 e. The Morgan fingerprint density at radius 2 is 1.79 bits per heavy atom. The van der Waals surface area contributed by atoms with Crippen molar-refractivity contribution in [3.8, 4) is 0 Å². The monoisotopic (exact) mass is 334 g/mol. The number of rotatable bonds is 7. The summed E-state index contributed by atoms with van der Waals surface area (Å²) in [7, 11) is 0. The first-order valence-electron chi connectivity index (χ1n) is 9.23. The van der Waals surface area contributed by atoms with E-state index in [1.165, 1.54) is 5.56 Å². The van der Waals surface area contributed by atoms with Gasteiger partial charge in [0.1, 0.15) is 6.61 Å². The van der Waals surface area contributed by atoms with Crippen molar-refractivity contribution in [3.05, 3.63) is 35.9 Å². The van der Waals surface area contributed by atoms with Gasteiger partial charge in [-0.15, -0.1) is 0 Å². The van der Waals surface area contributed by atoms with Gasteiger partial charge in [-0.1, -0.05) is 30.3 Å². The van der Waals surface area contributed by atoms with Gasteiger partial charge in [0.25, 0.3) is 0 Å². The smallest absolute Gasteiger partial charge is 0.191 e. The molecule has 0 bridgehead atoms. The van der Waals surface area contributed by atoms with Gasteiger partial charge in [0, 0.05) is 13.0 Å². The quantitative estimate of drug-likeness (QED) is 0.704. The minimum atomic E-state index is -0.462. The van der Waals surface area contributed by atoms with Gasteiger partial charge < -0.3 is 18.9 Å². The van der Waals surface area contributed by atoms with Crippen LogP contribution in [0.1, 0.15) is 51.0 Å². The van der Waals surface area contributed by atoms with E-state index in [4.69, 9.17) is 18.9 Å². The van der Waals surface area contributed by atoms with Crippen LogP contribution in [-0.2, 0) is 25.6 Å². The fraction of sp³-hybridized carbons (Fsp3) is 0.700. The van der Waals surface area contributed by atoms with Gasteiger partial charge in [-0.05, 0) is 44.6 Å². The van der Waals surface area contributed by atoms with Crippen molar-refractivity contribution in [2.45, 2.75) is 63.4 Å². The fourth-order valence-electron chi connectivity index (χ4n) is 3.55. The molecular weight excluding hydrogens is 304 g/mol. The van der Waals surface area contributed by atoms with Crippen LogP contribution in [0.25, 0.3) is 0 Å². The summed E-state index contributed by atoms with van der Waals surface area (Å²) in [6, 6.07) is 10.3. The molecule has 1 unspecified atom stereocenters. The molecule has 0 N–H and O–H groups in total. The third-order valence-electron chi connectivity index (χ3n) is 5.07. The Labute approximate surface area is 145 Å². The molecule has 2 aliphatic rings. The molecule has 1 aromatic rings. The van der Waals surface area contributed by atoms with Gasteiger partial charge in [-0.3, -0.25) is 0 Å². The summed E-state index contributed by atoms with van der Waals surface area (Å²) in [6.07, 6.45) is 6.39. The molecule has 2 heterocycles. The molecular formula is C20H30O4. The van der Waals surface area contributed by atoms with Crippen molar-refractivity contribution in [3.63, 3.8) is 0 Å². The van der Waals surface area contributed by atoms with E-state index < -0.39 is 5.79 Å². The summed E-state index contributed by atoms with van der Waals surface area (Å²) in [5.74, 6) is -0.462. The van der Waals surface area contributed by atoms with Crippen LogP contribution in [0.4, 0.5) is 0 Å². The van der Waals surface area contributed by atoms with Crippen molar-refractivity contribution in [2.24, 2.45) is 0 Å². The second-order valence-corrected chi connectivity index (χ2v) is 7.20. The average molecular weight is 334 g/mol. The molecule has 4 heteroatoms. The zero-order chi connectivity index (χ0) is 16.7. The van der Waals surface area contributed by atoms with E-state index in [-0.39, 0.29) is 5.60 Å². The highest BCUT2D eigenvalue weighted by molar-refractivity contribution is 5.13. The van der Waals surface area contributed by atoms with Crippen molar-refractivity contribution in [1.82, 2.24) is 0 Å². The summed E-state index contributed by atoms with van der Waals surface area (Å²) in [5.41, 5.74) is 1.18. The molecule has 2 aliphatic heterocycles. The first-order chi connectivity index (χ1) is 11.7. The van der Waals surface area contributed by atoms with Gasteiger partial charge in [-0.2, -0.15) is 0 Å². The Balaban J connectivity index is 1.32. The predicted molar refractivity (Wildman–Crippen MR) is 92.8 cm³/mol. The molecule has 0 saturated carbocycles. The van der Waals surface area contributed by atoms with Gasteiger partial charge in [0.15, 0.2) is 5.79 Å². The summed E-state index contributed by atoms with van der Waals surface area (Å²) >= 11 is 0. The Morgan fingerprint density at radius 3 is 2.58 bits per heavy atom. The van der Waals surface area contributed by atoms with Crippen molar-refractivity contribution >= 4 is 0 Å². The first-order valence-corrected chi connectivity index (χ1v) is 9.23. The highest BCUT2D eigenvalue weighted by Gasteiger charge is 2.42. The highest BCUT2D eigenvalue weighted by Crippen LogP contribution is 2.36. The summed E-state index contributed by atoms with van der Waals surface area (Å²) in [6.45, 7) is 5.68. The van der Waals surface area contributed by atoms with Crippen LogP contribution in [0.5, 0.6) is 0 Å². The molecule has 0 aliphatic carbocycles. The number of hydrogen-bond acceptors (Lipinski definition) is 4. The minimum absolute atomic E-state index is 0.0573. The van der Waals surface area contributed by atoms with E-state index in [1.54, 1.807) is 0 Å². The molecule has 2 fully saturated rings. The number of ether oxygens (including phenoxy) is 4. The highest BCUT2D eigenvalue weighted by atomic mass is 16.8. The number of unbranched alkanes of at least 4 members (excludes halogenated alkanes) is 1. The van der Waals surface area contributed by atoms with E-state index in [9.17, 15) is 0 Å². The Kier molecular flexibility index (Phi) is 6.28. The maximum Gasteiger partial charge on any atom is 0.191 e. The molecule has 2 saturated heterocycles.